The van der Waals surface area contributed by atoms with Crippen LogP contribution >= 0.6 is 24.2 Å². The smallest absolute Gasteiger partial charge is 0.211 e. The molecule has 1 saturated carbocycles. The number of thioether (sulfide) groups is 1. The van der Waals surface area contributed by atoms with Gasteiger partial charge in [0.1, 0.15) is 11.9 Å². The first-order valence-electron chi connectivity index (χ1n) is 9.48. The lowest BCUT2D eigenvalue weighted by Crippen LogP contribution is -2.44. The molecule has 1 aromatic carbocycles. The number of amides is 1. The Hall–Kier alpha value is -1.40. The lowest BCUT2D eigenvalue weighted by molar-refractivity contribution is -0.122. The van der Waals surface area contributed by atoms with Gasteiger partial charge in [-0.2, -0.15) is 0 Å². The Bertz CT molecular complexity index is 618. The maximum absolute atomic E-state index is 11.7. The van der Waals surface area contributed by atoms with Gasteiger partial charge in [0.2, 0.25) is 6.41 Å². The van der Waals surface area contributed by atoms with Crippen LogP contribution in [0.5, 0.6) is 5.75 Å². The van der Waals surface area contributed by atoms with Crippen LogP contribution < -0.4 is 4.74 Å². The second-order valence-electron chi connectivity index (χ2n) is 7.09. The molecule has 0 aromatic heterocycles. The van der Waals surface area contributed by atoms with Crippen molar-refractivity contribution in [3.05, 3.63) is 29.8 Å². The van der Waals surface area contributed by atoms with Gasteiger partial charge in [0.25, 0.3) is 0 Å². The fourth-order valence-corrected chi connectivity index (χ4v) is 4.90. The number of carbonyl (C=O) groups is 1. The molecule has 1 aliphatic carbocycles. The highest BCUT2D eigenvalue weighted by atomic mass is 35.5. The third-order valence-corrected chi connectivity index (χ3v) is 6.39. The van der Waals surface area contributed by atoms with Crippen LogP contribution in [0, 0.1) is 0 Å². The lowest BCUT2D eigenvalue weighted by atomic mass is 10.1. The molecule has 7 heteroatoms. The molecule has 2 fully saturated rings. The molecule has 27 heavy (non-hydrogen) atoms. The highest BCUT2D eigenvalue weighted by Gasteiger charge is 2.32. The van der Waals surface area contributed by atoms with Crippen LogP contribution in [-0.4, -0.2) is 53.5 Å². The summed E-state index contributed by atoms with van der Waals surface area (Å²) in [7, 11) is 3.72. The third kappa shape index (κ3) is 5.79. The molecule has 0 spiro atoms. The molecule has 0 bridgehead atoms. The molecule has 1 heterocycles. The zero-order chi connectivity index (χ0) is 18.4. The summed E-state index contributed by atoms with van der Waals surface area (Å²) in [5.41, 5.74) is 1.10. The number of amidine groups is 1. The summed E-state index contributed by atoms with van der Waals surface area (Å²) in [6.07, 6.45) is 8.68. The SMILES string of the molecule is COc1ccc(CN(C=O)C2CSC(=NC3CCCCCC3)N2C)cc1.Cl. The molecule has 3 rings (SSSR count). The number of halogens is 1. The van der Waals surface area contributed by atoms with E-state index in [2.05, 4.69) is 11.9 Å². The normalized spacial score (nSPS) is 22.2. The van der Waals surface area contributed by atoms with Crippen molar-refractivity contribution >= 4 is 35.7 Å². The van der Waals surface area contributed by atoms with Crippen molar-refractivity contribution < 1.29 is 9.53 Å². The summed E-state index contributed by atoms with van der Waals surface area (Å²) in [5, 5.41) is 1.09. The van der Waals surface area contributed by atoms with E-state index in [0.29, 0.717) is 12.6 Å². The minimum atomic E-state index is 0. The van der Waals surface area contributed by atoms with Gasteiger partial charge in [0.05, 0.1) is 13.2 Å². The van der Waals surface area contributed by atoms with E-state index in [1.807, 2.05) is 29.2 Å². The summed E-state index contributed by atoms with van der Waals surface area (Å²) < 4.78 is 5.20. The number of ether oxygens (including phenoxy) is 1. The fraction of sp³-hybridized carbons (Fsp3) is 0.600. The number of nitrogens with zero attached hydrogens (tertiary/aromatic N) is 3. The van der Waals surface area contributed by atoms with Gasteiger partial charge in [0.15, 0.2) is 5.17 Å². The fourth-order valence-electron chi connectivity index (χ4n) is 3.63. The molecular weight excluding hydrogens is 382 g/mol. The number of rotatable bonds is 6. The summed E-state index contributed by atoms with van der Waals surface area (Å²) in [6.45, 7) is 0.597. The average Bonchev–Trinajstić information content (AvgIpc) is 2.87. The standard InChI is InChI=1S/C20H29N3O2S.ClH/c1-22-19(14-26-20(22)21-17-7-5-3-4-6-8-17)23(15-24)13-16-9-11-18(25-2)12-10-16;/h9-12,15,17,19H,3-8,13-14H2,1-2H3;1H. The molecule has 1 unspecified atom stereocenters. The first kappa shape index (κ1) is 21.9. The molecule has 0 radical (unpaired) electrons. The zero-order valence-corrected chi connectivity index (χ0v) is 17.8. The number of carbonyl (C=O) groups excluding carboxylic acids is 1. The first-order valence-corrected chi connectivity index (χ1v) is 10.5. The van der Waals surface area contributed by atoms with Gasteiger partial charge in [-0.1, -0.05) is 49.6 Å². The second-order valence-corrected chi connectivity index (χ2v) is 8.07. The number of hydrogen-bond acceptors (Lipinski definition) is 4. The predicted octanol–water partition coefficient (Wildman–Crippen LogP) is 4.16. The molecule has 1 aliphatic heterocycles. The predicted molar refractivity (Wildman–Crippen MR) is 115 cm³/mol. The number of methoxy groups -OCH3 is 1. The highest BCUT2D eigenvalue weighted by molar-refractivity contribution is 8.14. The van der Waals surface area contributed by atoms with Crippen LogP contribution in [0.4, 0.5) is 0 Å². The van der Waals surface area contributed by atoms with Gasteiger partial charge in [-0.05, 0) is 30.5 Å². The maximum atomic E-state index is 11.7. The molecule has 1 aromatic rings. The first-order chi connectivity index (χ1) is 12.7. The van der Waals surface area contributed by atoms with E-state index >= 15 is 0 Å². The molecular formula is C20H30ClN3O2S. The number of aliphatic imine (C=N–C) groups is 1. The number of hydrogen-bond donors (Lipinski definition) is 0. The number of benzene rings is 1. The van der Waals surface area contributed by atoms with Crippen molar-refractivity contribution in [2.45, 2.75) is 57.3 Å². The van der Waals surface area contributed by atoms with E-state index in [-0.39, 0.29) is 18.6 Å². The molecule has 2 aliphatic rings. The minimum absolute atomic E-state index is 0. The Kier molecular flexibility index (Phi) is 8.77. The van der Waals surface area contributed by atoms with E-state index in [0.717, 1.165) is 28.6 Å². The molecule has 150 valence electrons. The topological polar surface area (TPSA) is 45.1 Å². The quantitative estimate of drug-likeness (QED) is 0.520. The Labute approximate surface area is 172 Å². The Morgan fingerprint density at radius 1 is 1.22 bits per heavy atom. The van der Waals surface area contributed by atoms with Gasteiger partial charge in [0, 0.05) is 19.3 Å². The van der Waals surface area contributed by atoms with E-state index in [9.17, 15) is 4.79 Å². The van der Waals surface area contributed by atoms with Crippen LogP contribution in [0.3, 0.4) is 0 Å². The van der Waals surface area contributed by atoms with Gasteiger partial charge < -0.3 is 14.5 Å². The van der Waals surface area contributed by atoms with Crippen LogP contribution in [-0.2, 0) is 11.3 Å². The Morgan fingerprint density at radius 2 is 1.89 bits per heavy atom. The van der Waals surface area contributed by atoms with Crippen molar-refractivity contribution in [1.82, 2.24) is 9.80 Å². The third-order valence-electron chi connectivity index (χ3n) is 5.27. The van der Waals surface area contributed by atoms with Gasteiger partial charge in [-0.15, -0.1) is 12.4 Å². The van der Waals surface area contributed by atoms with Crippen molar-refractivity contribution in [1.29, 1.82) is 0 Å². The molecule has 1 atom stereocenters. The van der Waals surface area contributed by atoms with Crippen molar-refractivity contribution in [2.24, 2.45) is 4.99 Å². The van der Waals surface area contributed by atoms with Crippen LogP contribution in [0.2, 0.25) is 0 Å². The van der Waals surface area contributed by atoms with Crippen molar-refractivity contribution in [2.75, 3.05) is 19.9 Å². The van der Waals surface area contributed by atoms with E-state index in [4.69, 9.17) is 9.73 Å². The zero-order valence-electron chi connectivity index (χ0n) is 16.2. The summed E-state index contributed by atoms with van der Waals surface area (Å²) >= 11 is 1.77. The van der Waals surface area contributed by atoms with E-state index < -0.39 is 0 Å². The van der Waals surface area contributed by atoms with E-state index in [1.54, 1.807) is 18.9 Å². The van der Waals surface area contributed by atoms with Crippen LogP contribution in [0.15, 0.2) is 29.3 Å². The largest absolute Gasteiger partial charge is 0.497 e. The maximum Gasteiger partial charge on any atom is 0.211 e. The monoisotopic (exact) mass is 411 g/mol. The lowest BCUT2D eigenvalue weighted by Gasteiger charge is -2.30. The Balaban J connectivity index is 0.00000261. The molecule has 1 saturated heterocycles. The van der Waals surface area contributed by atoms with Gasteiger partial charge in [-0.25, -0.2) is 0 Å². The summed E-state index contributed by atoms with van der Waals surface area (Å²) in [4.78, 5) is 20.8. The summed E-state index contributed by atoms with van der Waals surface area (Å²) in [6, 6.07) is 8.34. The summed E-state index contributed by atoms with van der Waals surface area (Å²) in [5.74, 6) is 1.70. The average molecular weight is 412 g/mol. The molecule has 1 amide bonds. The van der Waals surface area contributed by atoms with Crippen molar-refractivity contribution in [3.63, 3.8) is 0 Å². The second kappa shape index (κ2) is 10.8. The van der Waals surface area contributed by atoms with Gasteiger partial charge in [-0.3, -0.25) is 9.79 Å². The van der Waals surface area contributed by atoms with Crippen LogP contribution in [0.25, 0.3) is 0 Å². The van der Waals surface area contributed by atoms with Crippen LogP contribution in [0.1, 0.15) is 44.1 Å². The van der Waals surface area contributed by atoms with Gasteiger partial charge >= 0.3 is 0 Å². The minimum Gasteiger partial charge on any atom is -0.497 e. The molecule has 0 N–H and O–H groups in total. The highest BCUT2D eigenvalue weighted by Crippen LogP contribution is 2.28. The molecule has 5 nitrogen and oxygen atoms in total. The van der Waals surface area contributed by atoms with E-state index in [1.165, 1.54) is 38.5 Å². The van der Waals surface area contributed by atoms with Crippen molar-refractivity contribution in [3.8, 4) is 5.75 Å². The Morgan fingerprint density at radius 3 is 2.48 bits per heavy atom.